The minimum atomic E-state index is 0.705. The van der Waals surface area contributed by atoms with Crippen molar-refractivity contribution in [2.45, 2.75) is 45.4 Å². The molecule has 0 aliphatic rings. The molecule has 3 heteroatoms. The molecular weight excluding hydrogens is 232 g/mol. The van der Waals surface area contributed by atoms with Crippen LogP contribution < -0.4 is 11.1 Å². The first-order valence-corrected chi connectivity index (χ1v) is 6.90. The summed E-state index contributed by atoms with van der Waals surface area (Å²) in [6, 6.07) is 5.59. The zero-order valence-corrected chi connectivity index (χ0v) is 11.4. The largest absolute Gasteiger partial charge is 0.399 e. The average Bonchev–Trinajstić information content (AvgIpc) is 2.30. The summed E-state index contributed by atoms with van der Waals surface area (Å²) in [6.45, 7) is 3.22. The molecule has 1 aromatic rings. The van der Waals surface area contributed by atoms with E-state index in [4.69, 9.17) is 17.3 Å². The molecule has 1 aromatic carbocycles. The van der Waals surface area contributed by atoms with Crippen LogP contribution in [0.15, 0.2) is 18.2 Å². The van der Waals surface area contributed by atoms with E-state index in [1.54, 1.807) is 6.07 Å². The standard InChI is InChI=1S/C14H23ClN2/c1-2-3-4-5-6-7-10-17-14-9-8-12(16)11-13(14)15/h8-9,11,17H,2-7,10,16H2,1H3. The molecule has 0 radical (unpaired) electrons. The number of hydrogen-bond acceptors (Lipinski definition) is 2. The quantitative estimate of drug-likeness (QED) is 0.522. The number of anilines is 2. The van der Waals surface area contributed by atoms with Crippen LogP contribution in [0.4, 0.5) is 11.4 Å². The van der Waals surface area contributed by atoms with Gasteiger partial charge in [0.15, 0.2) is 0 Å². The molecule has 3 N–H and O–H groups in total. The second-order valence-electron chi connectivity index (χ2n) is 4.43. The fourth-order valence-corrected chi connectivity index (χ4v) is 2.06. The molecule has 0 aliphatic carbocycles. The summed E-state index contributed by atoms with van der Waals surface area (Å²) < 4.78 is 0. The minimum Gasteiger partial charge on any atom is -0.399 e. The molecule has 2 nitrogen and oxygen atoms in total. The Kier molecular flexibility index (Phi) is 6.87. The van der Waals surface area contributed by atoms with Gasteiger partial charge in [-0.1, -0.05) is 50.6 Å². The summed E-state index contributed by atoms with van der Waals surface area (Å²) in [5.74, 6) is 0. The molecule has 0 bridgehead atoms. The Morgan fingerprint density at radius 2 is 1.82 bits per heavy atom. The maximum Gasteiger partial charge on any atom is 0.0657 e. The van der Waals surface area contributed by atoms with Crippen molar-refractivity contribution in [1.82, 2.24) is 0 Å². The fourth-order valence-electron chi connectivity index (χ4n) is 1.80. The highest BCUT2D eigenvalue weighted by Gasteiger charge is 1.99. The Labute approximate surface area is 110 Å². The van der Waals surface area contributed by atoms with Crippen molar-refractivity contribution in [3.8, 4) is 0 Å². The Bertz CT molecular complexity index is 326. The van der Waals surface area contributed by atoms with Crippen molar-refractivity contribution in [2.24, 2.45) is 0 Å². The van der Waals surface area contributed by atoms with Crippen molar-refractivity contribution in [3.05, 3.63) is 23.2 Å². The van der Waals surface area contributed by atoms with Crippen LogP contribution in [0, 0.1) is 0 Å². The second kappa shape index (κ2) is 8.24. The third-order valence-electron chi connectivity index (χ3n) is 2.84. The molecule has 0 spiro atoms. The topological polar surface area (TPSA) is 38.0 Å². The van der Waals surface area contributed by atoms with Crippen LogP contribution in [0.3, 0.4) is 0 Å². The smallest absolute Gasteiger partial charge is 0.0657 e. The third-order valence-corrected chi connectivity index (χ3v) is 3.15. The molecule has 1 rings (SSSR count). The van der Waals surface area contributed by atoms with Crippen LogP contribution in [0.2, 0.25) is 5.02 Å². The summed E-state index contributed by atoms with van der Waals surface area (Å²) in [7, 11) is 0. The van der Waals surface area contributed by atoms with Gasteiger partial charge in [0.1, 0.15) is 0 Å². The number of nitrogen functional groups attached to an aromatic ring is 1. The molecule has 0 fully saturated rings. The molecule has 96 valence electrons. The van der Waals surface area contributed by atoms with Gasteiger partial charge in [0.25, 0.3) is 0 Å². The highest BCUT2D eigenvalue weighted by molar-refractivity contribution is 6.33. The van der Waals surface area contributed by atoms with Gasteiger partial charge in [-0.2, -0.15) is 0 Å². The van der Waals surface area contributed by atoms with E-state index in [2.05, 4.69) is 12.2 Å². The molecule has 0 aromatic heterocycles. The zero-order chi connectivity index (χ0) is 12.5. The fraction of sp³-hybridized carbons (Fsp3) is 0.571. The third kappa shape index (κ3) is 5.83. The lowest BCUT2D eigenvalue weighted by Crippen LogP contribution is -2.02. The van der Waals surface area contributed by atoms with Gasteiger partial charge in [-0.3, -0.25) is 0 Å². The first-order valence-electron chi connectivity index (χ1n) is 6.53. The lowest BCUT2D eigenvalue weighted by atomic mass is 10.1. The second-order valence-corrected chi connectivity index (χ2v) is 4.84. The summed E-state index contributed by atoms with van der Waals surface area (Å²) in [5, 5.41) is 4.05. The van der Waals surface area contributed by atoms with Crippen LogP contribution in [0.1, 0.15) is 45.4 Å². The molecular formula is C14H23ClN2. The van der Waals surface area contributed by atoms with Crippen molar-refractivity contribution >= 4 is 23.0 Å². The maximum absolute atomic E-state index is 6.07. The van der Waals surface area contributed by atoms with Gasteiger partial charge in [-0.15, -0.1) is 0 Å². The van der Waals surface area contributed by atoms with Gasteiger partial charge in [-0.05, 0) is 24.6 Å². The van der Waals surface area contributed by atoms with E-state index in [0.717, 1.165) is 12.2 Å². The van der Waals surface area contributed by atoms with Crippen molar-refractivity contribution in [2.75, 3.05) is 17.6 Å². The number of nitrogens with one attached hydrogen (secondary N) is 1. The predicted molar refractivity (Wildman–Crippen MR) is 77.7 cm³/mol. The number of hydrogen-bond donors (Lipinski definition) is 2. The highest BCUT2D eigenvalue weighted by atomic mass is 35.5. The highest BCUT2D eigenvalue weighted by Crippen LogP contribution is 2.23. The molecule has 0 atom stereocenters. The lowest BCUT2D eigenvalue weighted by molar-refractivity contribution is 0.617. The Hall–Kier alpha value is -0.890. The van der Waals surface area contributed by atoms with E-state index in [1.165, 1.54) is 38.5 Å². The predicted octanol–water partition coefficient (Wildman–Crippen LogP) is 4.69. The van der Waals surface area contributed by atoms with E-state index in [0.29, 0.717) is 10.7 Å². The number of nitrogens with two attached hydrogens (primary N) is 1. The van der Waals surface area contributed by atoms with Gasteiger partial charge in [0, 0.05) is 12.2 Å². The average molecular weight is 255 g/mol. The molecule has 0 heterocycles. The minimum absolute atomic E-state index is 0.705. The van der Waals surface area contributed by atoms with Crippen molar-refractivity contribution in [1.29, 1.82) is 0 Å². The Balaban J connectivity index is 2.14. The number of unbranched alkanes of at least 4 members (excludes halogenated alkanes) is 5. The van der Waals surface area contributed by atoms with Crippen LogP contribution in [-0.2, 0) is 0 Å². The van der Waals surface area contributed by atoms with Crippen LogP contribution in [0.25, 0.3) is 0 Å². The Morgan fingerprint density at radius 3 is 2.53 bits per heavy atom. The Morgan fingerprint density at radius 1 is 1.12 bits per heavy atom. The zero-order valence-electron chi connectivity index (χ0n) is 10.6. The van der Waals surface area contributed by atoms with E-state index in [9.17, 15) is 0 Å². The first-order chi connectivity index (χ1) is 8.24. The summed E-state index contributed by atoms with van der Waals surface area (Å²) in [4.78, 5) is 0. The molecule has 0 amide bonds. The summed E-state index contributed by atoms with van der Waals surface area (Å²) in [5.41, 5.74) is 7.33. The number of rotatable bonds is 8. The molecule has 0 aliphatic heterocycles. The van der Waals surface area contributed by atoms with Gasteiger partial charge in [0.2, 0.25) is 0 Å². The van der Waals surface area contributed by atoms with E-state index >= 15 is 0 Å². The molecule has 0 saturated heterocycles. The van der Waals surface area contributed by atoms with Gasteiger partial charge >= 0.3 is 0 Å². The first kappa shape index (κ1) is 14.2. The van der Waals surface area contributed by atoms with Crippen LogP contribution in [-0.4, -0.2) is 6.54 Å². The number of benzene rings is 1. The van der Waals surface area contributed by atoms with Crippen LogP contribution >= 0.6 is 11.6 Å². The van der Waals surface area contributed by atoms with Gasteiger partial charge in [0.05, 0.1) is 10.7 Å². The van der Waals surface area contributed by atoms with Crippen molar-refractivity contribution in [3.63, 3.8) is 0 Å². The van der Waals surface area contributed by atoms with Gasteiger partial charge < -0.3 is 11.1 Å². The SMILES string of the molecule is CCCCCCCCNc1ccc(N)cc1Cl. The molecule has 0 saturated carbocycles. The molecule has 0 unspecified atom stereocenters. The van der Waals surface area contributed by atoms with E-state index in [1.807, 2.05) is 12.1 Å². The van der Waals surface area contributed by atoms with Crippen molar-refractivity contribution < 1.29 is 0 Å². The normalized spacial score (nSPS) is 10.5. The maximum atomic E-state index is 6.07. The summed E-state index contributed by atoms with van der Waals surface area (Å²) >= 11 is 6.07. The van der Waals surface area contributed by atoms with E-state index < -0.39 is 0 Å². The monoisotopic (exact) mass is 254 g/mol. The van der Waals surface area contributed by atoms with Crippen LogP contribution in [0.5, 0.6) is 0 Å². The van der Waals surface area contributed by atoms with Gasteiger partial charge in [-0.25, -0.2) is 0 Å². The lowest BCUT2D eigenvalue weighted by Gasteiger charge is -2.08. The van der Waals surface area contributed by atoms with E-state index in [-0.39, 0.29) is 0 Å². The molecule has 17 heavy (non-hydrogen) atoms. The number of halogens is 1. The summed E-state index contributed by atoms with van der Waals surface area (Å²) in [6.07, 6.45) is 7.85.